The number of para-hydroxylation sites is 1. The number of hydrogen-bond acceptors (Lipinski definition) is 1. The Labute approximate surface area is 151 Å². The molecule has 1 aromatic heterocycles. The van der Waals surface area contributed by atoms with E-state index in [0.717, 1.165) is 0 Å². The van der Waals surface area contributed by atoms with Gasteiger partial charge in [0.15, 0.2) is 5.69 Å². The summed E-state index contributed by atoms with van der Waals surface area (Å²) in [7, 11) is 2.32. The van der Waals surface area contributed by atoms with Crippen molar-refractivity contribution in [2.45, 2.75) is 44.9 Å². The maximum atomic E-state index is 3.89. The molecule has 25 heavy (non-hydrogen) atoms. The molecule has 0 unspecified atom stereocenters. The van der Waals surface area contributed by atoms with E-state index < -0.39 is 0 Å². The number of hydrogen-bond donors (Lipinski definition) is 1. The van der Waals surface area contributed by atoms with Gasteiger partial charge in [0.2, 0.25) is 5.52 Å². The second-order valence-electron chi connectivity index (χ2n) is 9.40. The fourth-order valence-electron chi connectivity index (χ4n) is 5.94. The van der Waals surface area contributed by atoms with Crippen molar-refractivity contribution < 1.29 is 9.88 Å². The van der Waals surface area contributed by atoms with Crippen LogP contribution in [0.5, 0.6) is 0 Å². The van der Waals surface area contributed by atoms with Gasteiger partial charge in [0.25, 0.3) is 0 Å². The molecule has 2 aromatic rings. The standard InChI is InChI=1S/C22H29N3/c1-21(2)16-9-10-22(21,3)20-18(16)19(25-13-11-24(4)12-14-25)15-7-5-6-8-17(15)23-20/h5-8,16H,9-14H2,1-4H3/p+2/t16-,22+/m0/s1. The third-order valence-electron chi connectivity index (χ3n) is 8.03. The molecule has 2 heterocycles. The summed E-state index contributed by atoms with van der Waals surface area (Å²) in [4.78, 5) is 8.25. The van der Waals surface area contributed by atoms with Gasteiger partial charge in [-0.15, -0.1) is 0 Å². The van der Waals surface area contributed by atoms with Crippen molar-refractivity contribution in [2.24, 2.45) is 5.41 Å². The molecule has 132 valence electrons. The molecule has 3 nitrogen and oxygen atoms in total. The van der Waals surface area contributed by atoms with E-state index >= 15 is 0 Å². The van der Waals surface area contributed by atoms with Crippen molar-refractivity contribution >= 4 is 16.6 Å². The number of rotatable bonds is 1. The molecule has 2 atom stereocenters. The van der Waals surface area contributed by atoms with E-state index in [-0.39, 0.29) is 5.41 Å². The lowest BCUT2D eigenvalue weighted by Gasteiger charge is -2.34. The Balaban J connectivity index is 1.79. The van der Waals surface area contributed by atoms with Crippen LogP contribution in [-0.4, -0.2) is 33.2 Å². The second kappa shape index (κ2) is 4.97. The van der Waals surface area contributed by atoms with Crippen LogP contribution >= 0.6 is 0 Å². The van der Waals surface area contributed by atoms with Gasteiger partial charge in [0, 0.05) is 11.6 Å². The minimum Gasteiger partial charge on any atom is -0.359 e. The molecule has 0 amide bonds. The van der Waals surface area contributed by atoms with Crippen LogP contribution in [0.25, 0.3) is 10.9 Å². The van der Waals surface area contributed by atoms with Crippen LogP contribution in [-0.2, 0) is 5.41 Å². The second-order valence-corrected chi connectivity index (χ2v) is 9.40. The average Bonchev–Trinajstić information content (AvgIpc) is 2.93. The zero-order valence-electron chi connectivity index (χ0n) is 16.1. The number of anilines is 1. The highest BCUT2D eigenvalue weighted by Gasteiger charge is 2.64. The number of likely N-dealkylation sites (N-methyl/N-ethyl adjacent to an activating group) is 1. The van der Waals surface area contributed by atoms with Gasteiger partial charge in [0.05, 0.1) is 49.7 Å². The molecule has 0 spiro atoms. The van der Waals surface area contributed by atoms with E-state index in [0.29, 0.717) is 11.3 Å². The average molecular weight is 338 g/mol. The zero-order chi connectivity index (χ0) is 17.4. The van der Waals surface area contributed by atoms with Crippen molar-refractivity contribution in [2.75, 3.05) is 38.1 Å². The Morgan fingerprint density at radius 2 is 1.84 bits per heavy atom. The predicted octanol–water partition coefficient (Wildman–Crippen LogP) is 2.16. The zero-order valence-corrected chi connectivity index (χ0v) is 16.1. The number of pyridine rings is 1. The molecule has 1 aromatic carbocycles. The molecular formula is C22H31N3+2. The number of piperazine rings is 1. The van der Waals surface area contributed by atoms with Crippen LogP contribution in [0.4, 0.5) is 5.69 Å². The maximum Gasteiger partial charge on any atom is 0.213 e. The molecule has 3 heteroatoms. The molecule has 2 bridgehead atoms. The number of fused-ring (bicyclic) bond motifs is 6. The lowest BCUT2D eigenvalue weighted by molar-refractivity contribution is -0.880. The number of nitrogens with zero attached hydrogens (tertiary/aromatic N) is 1. The Morgan fingerprint density at radius 1 is 1.12 bits per heavy atom. The van der Waals surface area contributed by atoms with E-state index in [4.69, 9.17) is 0 Å². The normalized spacial score (nSPS) is 30.9. The number of H-pyrrole nitrogens is 1. The fourth-order valence-corrected chi connectivity index (χ4v) is 5.94. The Hall–Kier alpha value is -1.61. The van der Waals surface area contributed by atoms with Crippen LogP contribution in [0.3, 0.4) is 0 Å². The molecule has 2 fully saturated rings. The summed E-state index contributed by atoms with van der Waals surface area (Å²) in [5.74, 6) is 0.690. The SMILES string of the molecule is C[NH+]1CCN(c2c3c([nH+]c4ccccc24)[C@@]2(C)CC[C@@H]3C2(C)C)CC1. The van der Waals surface area contributed by atoms with Gasteiger partial charge in [-0.25, -0.2) is 4.98 Å². The first kappa shape index (κ1) is 15.6. The molecule has 2 aliphatic carbocycles. The summed E-state index contributed by atoms with van der Waals surface area (Å²) in [6.45, 7) is 12.3. The predicted molar refractivity (Wildman–Crippen MR) is 102 cm³/mol. The Kier molecular flexibility index (Phi) is 3.11. The minimum atomic E-state index is 0.281. The van der Waals surface area contributed by atoms with Gasteiger partial charge in [-0.2, -0.15) is 0 Å². The van der Waals surface area contributed by atoms with E-state index in [2.05, 4.69) is 62.0 Å². The monoisotopic (exact) mass is 337 g/mol. The fraction of sp³-hybridized carbons (Fsp3) is 0.591. The van der Waals surface area contributed by atoms with Gasteiger partial charge in [-0.1, -0.05) is 26.0 Å². The van der Waals surface area contributed by atoms with E-state index in [9.17, 15) is 0 Å². The summed E-state index contributed by atoms with van der Waals surface area (Å²) in [6.07, 6.45) is 2.66. The van der Waals surface area contributed by atoms with Gasteiger partial charge >= 0.3 is 0 Å². The minimum absolute atomic E-state index is 0.281. The van der Waals surface area contributed by atoms with Crippen molar-refractivity contribution in [3.8, 4) is 0 Å². The highest BCUT2D eigenvalue weighted by atomic mass is 15.3. The molecule has 1 aliphatic heterocycles. The van der Waals surface area contributed by atoms with Gasteiger partial charge in [-0.3, -0.25) is 0 Å². The summed E-state index contributed by atoms with van der Waals surface area (Å²) in [5.41, 5.74) is 6.68. The molecule has 1 saturated carbocycles. The van der Waals surface area contributed by atoms with Crippen molar-refractivity contribution in [1.29, 1.82) is 0 Å². The van der Waals surface area contributed by atoms with E-state index in [1.54, 1.807) is 16.2 Å². The smallest absolute Gasteiger partial charge is 0.213 e. The molecule has 0 radical (unpaired) electrons. The Bertz CT molecular complexity index is 848. The largest absolute Gasteiger partial charge is 0.359 e. The summed E-state index contributed by atoms with van der Waals surface area (Å²) < 4.78 is 0. The summed E-state index contributed by atoms with van der Waals surface area (Å²) in [6, 6.07) is 8.97. The quantitative estimate of drug-likeness (QED) is 0.846. The highest BCUT2D eigenvalue weighted by molar-refractivity contribution is 5.93. The van der Waals surface area contributed by atoms with Crippen LogP contribution in [0.2, 0.25) is 0 Å². The number of quaternary nitrogens is 1. The van der Waals surface area contributed by atoms with Gasteiger partial charge in [0.1, 0.15) is 0 Å². The van der Waals surface area contributed by atoms with Crippen molar-refractivity contribution in [3.05, 3.63) is 35.5 Å². The van der Waals surface area contributed by atoms with E-state index in [1.165, 1.54) is 55.6 Å². The van der Waals surface area contributed by atoms with Crippen LogP contribution < -0.4 is 14.8 Å². The maximum absolute atomic E-state index is 3.89. The summed E-state index contributed by atoms with van der Waals surface area (Å²) in [5, 5.41) is 1.42. The number of benzene rings is 1. The molecule has 3 aliphatic rings. The van der Waals surface area contributed by atoms with Crippen LogP contribution in [0, 0.1) is 5.41 Å². The highest BCUT2D eigenvalue weighted by Crippen LogP contribution is 2.68. The first-order chi connectivity index (χ1) is 11.9. The van der Waals surface area contributed by atoms with Crippen molar-refractivity contribution in [3.63, 3.8) is 0 Å². The number of aromatic amines is 1. The van der Waals surface area contributed by atoms with Crippen LogP contribution in [0.1, 0.15) is 50.8 Å². The molecule has 1 saturated heterocycles. The first-order valence-corrected chi connectivity index (χ1v) is 9.98. The third-order valence-corrected chi connectivity index (χ3v) is 8.03. The lowest BCUT2D eigenvalue weighted by Crippen LogP contribution is -3.12. The lowest BCUT2D eigenvalue weighted by atomic mass is 9.70. The molecule has 5 rings (SSSR count). The van der Waals surface area contributed by atoms with E-state index in [1.807, 2.05) is 0 Å². The number of aromatic nitrogens is 1. The van der Waals surface area contributed by atoms with Gasteiger partial charge in [-0.05, 0) is 37.2 Å². The summed E-state index contributed by atoms with van der Waals surface area (Å²) >= 11 is 0. The Morgan fingerprint density at radius 3 is 2.60 bits per heavy atom. The third kappa shape index (κ3) is 1.88. The van der Waals surface area contributed by atoms with Crippen LogP contribution in [0.15, 0.2) is 24.3 Å². The topological polar surface area (TPSA) is 21.8 Å². The van der Waals surface area contributed by atoms with Crippen molar-refractivity contribution in [1.82, 2.24) is 0 Å². The molecule has 2 N–H and O–H groups in total. The van der Waals surface area contributed by atoms with Gasteiger partial charge < -0.3 is 9.80 Å². The molecular weight excluding hydrogens is 306 g/mol. The number of nitrogens with one attached hydrogen (secondary N) is 2. The first-order valence-electron chi connectivity index (χ1n) is 9.98.